The molecule has 3 aromatic rings. The molecule has 9 nitrogen and oxygen atoms in total. The van der Waals surface area contributed by atoms with Crippen LogP contribution in [0.5, 0.6) is 5.88 Å². The van der Waals surface area contributed by atoms with Gasteiger partial charge in [0.25, 0.3) is 0 Å². The number of carbonyl (C=O) groups is 1. The number of aromatic nitrogens is 3. The standard InChI is InChI=1S/C15H14N4O5S2/c1-8-11(6-9-2-4-10(5-3-9)26(16,23)24)13(20)19(18-8)15-17-12(7-25-15)14(21)22/h2-5,7,20H,6H2,1H3,(H,21,22)(H2,16,23,24). The van der Waals surface area contributed by atoms with Crippen LogP contribution in [-0.2, 0) is 16.4 Å². The van der Waals surface area contributed by atoms with Gasteiger partial charge in [-0.05, 0) is 24.6 Å². The normalized spacial score (nSPS) is 11.6. The van der Waals surface area contributed by atoms with Crippen LogP contribution in [-0.4, -0.2) is 39.4 Å². The van der Waals surface area contributed by atoms with E-state index in [1.807, 2.05) is 0 Å². The van der Waals surface area contributed by atoms with Gasteiger partial charge in [0.15, 0.2) is 5.69 Å². The quantitative estimate of drug-likeness (QED) is 0.590. The molecule has 0 aliphatic rings. The largest absolute Gasteiger partial charge is 0.493 e. The highest BCUT2D eigenvalue weighted by atomic mass is 32.2. The number of nitrogens with two attached hydrogens (primary N) is 1. The first-order valence-corrected chi connectivity index (χ1v) is 9.68. The molecule has 0 radical (unpaired) electrons. The predicted octanol–water partition coefficient (Wildman–Crippen LogP) is 1.28. The average Bonchev–Trinajstić information content (AvgIpc) is 3.15. The zero-order chi connectivity index (χ0) is 19.1. The van der Waals surface area contributed by atoms with E-state index in [0.717, 1.165) is 16.9 Å². The molecular formula is C15H14N4O5S2. The van der Waals surface area contributed by atoms with Crippen LogP contribution in [0.4, 0.5) is 0 Å². The first-order chi connectivity index (χ1) is 12.2. The van der Waals surface area contributed by atoms with Gasteiger partial charge in [-0.3, -0.25) is 0 Å². The van der Waals surface area contributed by atoms with Crippen molar-refractivity contribution in [2.24, 2.45) is 5.14 Å². The van der Waals surface area contributed by atoms with Crippen LogP contribution in [0.25, 0.3) is 5.13 Å². The minimum absolute atomic E-state index is 0.00174. The van der Waals surface area contributed by atoms with Crippen molar-refractivity contribution in [2.45, 2.75) is 18.2 Å². The van der Waals surface area contributed by atoms with Crippen LogP contribution in [0.3, 0.4) is 0 Å². The molecule has 0 saturated carbocycles. The predicted molar refractivity (Wildman–Crippen MR) is 93.2 cm³/mol. The van der Waals surface area contributed by atoms with Crippen molar-refractivity contribution in [2.75, 3.05) is 0 Å². The molecular weight excluding hydrogens is 380 g/mol. The Morgan fingerprint density at radius 1 is 1.31 bits per heavy atom. The number of hydrogen-bond acceptors (Lipinski definition) is 7. The molecule has 0 aliphatic carbocycles. The van der Waals surface area contributed by atoms with E-state index in [0.29, 0.717) is 17.7 Å². The molecule has 2 heterocycles. The lowest BCUT2D eigenvalue weighted by molar-refractivity contribution is 0.0691. The highest BCUT2D eigenvalue weighted by Gasteiger charge is 2.19. The lowest BCUT2D eigenvalue weighted by Crippen LogP contribution is -2.11. The summed E-state index contributed by atoms with van der Waals surface area (Å²) in [4.78, 5) is 14.9. The average molecular weight is 394 g/mol. The van der Waals surface area contributed by atoms with Gasteiger partial charge >= 0.3 is 5.97 Å². The summed E-state index contributed by atoms with van der Waals surface area (Å²) in [6.45, 7) is 1.70. The van der Waals surface area contributed by atoms with Gasteiger partial charge in [-0.2, -0.15) is 9.78 Å². The SMILES string of the molecule is Cc1nn(-c2nc(C(=O)O)cs2)c(O)c1Cc1ccc(S(N)(=O)=O)cc1. The molecule has 0 spiro atoms. The van der Waals surface area contributed by atoms with Crippen molar-refractivity contribution in [3.8, 4) is 11.0 Å². The van der Waals surface area contributed by atoms with Gasteiger partial charge in [0.05, 0.1) is 10.6 Å². The molecule has 136 valence electrons. The Hall–Kier alpha value is -2.76. The van der Waals surface area contributed by atoms with Crippen LogP contribution in [0.1, 0.15) is 27.3 Å². The number of sulfonamides is 1. The number of rotatable bonds is 5. The first-order valence-electron chi connectivity index (χ1n) is 7.25. The second kappa shape index (κ2) is 6.52. The summed E-state index contributed by atoms with van der Waals surface area (Å²) >= 11 is 1.05. The molecule has 11 heteroatoms. The van der Waals surface area contributed by atoms with Gasteiger partial charge in [0, 0.05) is 17.4 Å². The number of thiazole rings is 1. The molecule has 0 fully saturated rings. The monoisotopic (exact) mass is 394 g/mol. The number of carboxylic acids is 1. The summed E-state index contributed by atoms with van der Waals surface area (Å²) in [5, 5.41) is 30.3. The summed E-state index contributed by atoms with van der Waals surface area (Å²) < 4.78 is 23.8. The van der Waals surface area contributed by atoms with E-state index in [4.69, 9.17) is 10.2 Å². The second-order valence-electron chi connectivity index (χ2n) is 5.49. The van der Waals surface area contributed by atoms with Crippen LogP contribution >= 0.6 is 11.3 Å². The Labute approximate surface area is 152 Å². The molecule has 0 bridgehead atoms. The van der Waals surface area contributed by atoms with Crippen LogP contribution < -0.4 is 5.14 Å². The lowest BCUT2D eigenvalue weighted by Gasteiger charge is -2.04. The van der Waals surface area contributed by atoms with Gasteiger partial charge in [0.2, 0.25) is 21.0 Å². The Kier molecular flexibility index (Phi) is 4.52. The molecule has 0 atom stereocenters. The molecule has 1 aromatic carbocycles. The number of nitrogens with zero attached hydrogens (tertiary/aromatic N) is 3. The summed E-state index contributed by atoms with van der Waals surface area (Å²) in [7, 11) is -3.77. The molecule has 0 aliphatic heterocycles. The van der Waals surface area contributed by atoms with E-state index in [1.54, 1.807) is 19.1 Å². The Morgan fingerprint density at radius 3 is 2.50 bits per heavy atom. The molecule has 3 rings (SSSR count). The van der Waals surface area contributed by atoms with Crippen molar-refractivity contribution in [3.05, 3.63) is 52.2 Å². The summed E-state index contributed by atoms with van der Waals surface area (Å²) in [5.74, 6) is -1.31. The molecule has 2 aromatic heterocycles. The van der Waals surface area contributed by atoms with E-state index in [-0.39, 0.29) is 21.6 Å². The molecule has 0 amide bonds. The third-order valence-electron chi connectivity index (χ3n) is 3.68. The highest BCUT2D eigenvalue weighted by Crippen LogP contribution is 2.28. The van der Waals surface area contributed by atoms with Gasteiger partial charge in [0.1, 0.15) is 0 Å². The number of primary sulfonamides is 1. The number of aryl methyl sites for hydroxylation is 1. The van der Waals surface area contributed by atoms with E-state index >= 15 is 0 Å². The van der Waals surface area contributed by atoms with Crippen LogP contribution in [0.15, 0.2) is 34.5 Å². The first kappa shape index (κ1) is 18.0. The van der Waals surface area contributed by atoms with Crippen molar-refractivity contribution >= 4 is 27.3 Å². The zero-order valence-electron chi connectivity index (χ0n) is 13.4. The third-order valence-corrected chi connectivity index (χ3v) is 5.43. The fraction of sp³-hybridized carbons (Fsp3) is 0.133. The fourth-order valence-corrected chi connectivity index (χ4v) is 3.61. The number of aromatic carboxylic acids is 1. The van der Waals surface area contributed by atoms with Crippen LogP contribution in [0.2, 0.25) is 0 Å². The van der Waals surface area contributed by atoms with Crippen molar-refractivity contribution in [3.63, 3.8) is 0 Å². The van der Waals surface area contributed by atoms with E-state index in [9.17, 15) is 18.3 Å². The maximum absolute atomic E-state index is 11.3. The van der Waals surface area contributed by atoms with E-state index in [2.05, 4.69) is 10.1 Å². The maximum atomic E-state index is 11.3. The minimum Gasteiger partial charge on any atom is -0.493 e. The van der Waals surface area contributed by atoms with Gasteiger partial charge < -0.3 is 10.2 Å². The van der Waals surface area contributed by atoms with Crippen molar-refractivity contribution in [1.82, 2.24) is 14.8 Å². The van der Waals surface area contributed by atoms with Crippen molar-refractivity contribution in [1.29, 1.82) is 0 Å². The molecule has 26 heavy (non-hydrogen) atoms. The Morgan fingerprint density at radius 2 is 1.96 bits per heavy atom. The summed E-state index contributed by atoms with van der Waals surface area (Å²) in [6, 6.07) is 5.98. The summed E-state index contributed by atoms with van der Waals surface area (Å²) in [6.07, 6.45) is 0.305. The highest BCUT2D eigenvalue weighted by molar-refractivity contribution is 7.89. The Balaban J connectivity index is 1.92. The Bertz CT molecular complexity index is 1080. The van der Waals surface area contributed by atoms with E-state index < -0.39 is 16.0 Å². The number of benzene rings is 1. The molecule has 0 saturated heterocycles. The smallest absolute Gasteiger partial charge is 0.355 e. The molecule has 4 N–H and O–H groups in total. The van der Waals surface area contributed by atoms with Gasteiger partial charge in [-0.15, -0.1) is 11.3 Å². The van der Waals surface area contributed by atoms with Crippen molar-refractivity contribution < 1.29 is 23.4 Å². The lowest BCUT2D eigenvalue weighted by atomic mass is 10.1. The number of aromatic hydroxyl groups is 1. The summed E-state index contributed by atoms with van der Waals surface area (Å²) in [5.41, 5.74) is 1.70. The fourth-order valence-electron chi connectivity index (χ4n) is 2.35. The molecule has 0 unspecified atom stereocenters. The second-order valence-corrected chi connectivity index (χ2v) is 7.88. The van der Waals surface area contributed by atoms with Gasteiger partial charge in [-0.25, -0.2) is 23.3 Å². The van der Waals surface area contributed by atoms with E-state index in [1.165, 1.54) is 22.2 Å². The van der Waals surface area contributed by atoms with Crippen LogP contribution in [0, 0.1) is 6.92 Å². The minimum atomic E-state index is -3.77. The number of carboxylic acid groups (broad SMARTS) is 1. The topological polar surface area (TPSA) is 148 Å². The zero-order valence-corrected chi connectivity index (χ0v) is 15.1. The number of hydrogen-bond donors (Lipinski definition) is 3. The van der Waals surface area contributed by atoms with Gasteiger partial charge in [-0.1, -0.05) is 12.1 Å². The maximum Gasteiger partial charge on any atom is 0.355 e. The third kappa shape index (κ3) is 3.45.